The Morgan fingerprint density at radius 3 is 2.19 bits per heavy atom. The molecule has 1 aromatic heterocycles. The summed E-state index contributed by atoms with van der Waals surface area (Å²) in [6, 6.07) is 22.7. The minimum Gasteiger partial charge on any atom is -0.303 e. The average molecular weight is 493 g/mol. The van der Waals surface area contributed by atoms with Crippen molar-refractivity contribution in [1.29, 1.82) is 0 Å². The summed E-state index contributed by atoms with van der Waals surface area (Å²) in [7, 11) is 0. The second-order valence-electron chi connectivity index (χ2n) is 9.40. The fourth-order valence-electron chi connectivity index (χ4n) is 4.50. The van der Waals surface area contributed by atoms with Gasteiger partial charge in [0.25, 0.3) is 11.5 Å². The molecule has 3 amide bonds. The summed E-state index contributed by atoms with van der Waals surface area (Å²) in [6.45, 7) is 6.09. The van der Waals surface area contributed by atoms with E-state index in [1.165, 1.54) is 10.8 Å². The first-order valence-electron chi connectivity index (χ1n) is 12.2. The van der Waals surface area contributed by atoms with Gasteiger partial charge in [0.1, 0.15) is 5.70 Å². The number of imide groups is 1. The lowest BCUT2D eigenvalue weighted by Crippen LogP contribution is -2.30. The van der Waals surface area contributed by atoms with Crippen LogP contribution in [0.5, 0.6) is 0 Å². The lowest BCUT2D eigenvalue weighted by atomic mass is 10.0. The number of hydrogen-bond acceptors (Lipinski definition) is 3. The molecule has 0 radical (unpaired) electrons. The zero-order valence-corrected chi connectivity index (χ0v) is 21.0. The van der Waals surface area contributed by atoms with E-state index in [0.717, 1.165) is 38.4 Å². The molecular formula is C30H28N4O3. The first-order chi connectivity index (χ1) is 17.8. The van der Waals surface area contributed by atoms with E-state index < -0.39 is 11.9 Å². The minimum atomic E-state index is -0.507. The first-order valence-corrected chi connectivity index (χ1v) is 12.2. The number of amides is 3. The number of para-hydroxylation sites is 1. The number of carbonyl (C=O) groups is 2. The highest BCUT2D eigenvalue weighted by atomic mass is 16.2. The number of aromatic nitrogens is 2. The number of hydrogen-bond donors (Lipinski definition) is 2. The monoisotopic (exact) mass is 492 g/mol. The lowest BCUT2D eigenvalue weighted by Gasteiger charge is -2.11. The number of carbonyl (C=O) groups excluding carboxylic acids is 2. The smallest absolute Gasteiger partial charge is 0.303 e. The number of aromatic amines is 1. The van der Waals surface area contributed by atoms with Crippen molar-refractivity contribution >= 4 is 18.0 Å². The van der Waals surface area contributed by atoms with Crippen molar-refractivity contribution in [3.05, 3.63) is 128 Å². The van der Waals surface area contributed by atoms with Crippen molar-refractivity contribution in [2.45, 2.75) is 33.7 Å². The number of aryl methyl sites for hydroxylation is 3. The van der Waals surface area contributed by atoms with Crippen molar-refractivity contribution in [2.75, 3.05) is 0 Å². The molecule has 186 valence electrons. The highest BCUT2D eigenvalue weighted by Crippen LogP contribution is 2.21. The lowest BCUT2D eigenvalue weighted by molar-refractivity contribution is -0.123. The van der Waals surface area contributed by atoms with Crippen LogP contribution in [-0.4, -0.2) is 26.6 Å². The molecule has 1 aliphatic rings. The molecule has 1 aliphatic heterocycles. The molecule has 1 saturated heterocycles. The van der Waals surface area contributed by atoms with Crippen LogP contribution in [0.4, 0.5) is 4.79 Å². The third-order valence-corrected chi connectivity index (χ3v) is 6.70. The van der Waals surface area contributed by atoms with E-state index in [4.69, 9.17) is 0 Å². The van der Waals surface area contributed by atoms with Gasteiger partial charge in [0.05, 0.1) is 17.8 Å². The van der Waals surface area contributed by atoms with Crippen molar-refractivity contribution < 1.29 is 9.59 Å². The molecule has 1 fully saturated rings. The molecule has 0 aliphatic carbocycles. The number of nitrogens with zero attached hydrogens (tertiary/aromatic N) is 2. The van der Waals surface area contributed by atoms with Gasteiger partial charge in [-0.15, -0.1) is 0 Å². The van der Waals surface area contributed by atoms with Gasteiger partial charge in [0.15, 0.2) is 0 Å². The molecule has 7 heteroatoms. The summed E-state index contributed by atoms with van der Waals surface area (Å²) in [5.41, 5.74) is 6.55. The van der Waals surface area contributed by atoms with Crippen molar-refractivity contribution in [3.63, 3.8) is 0 Å². The predicted molar refractivity (Wildman–Crippen MR) is 143 cm³/mol. The van der Waals surface area contributed by atoms with Gasteiger partial charge >= 0.3 is 6.03 Å². The van der Waals surface area contributed by atoms with Crippen molar-refractivity contribution in [1.82, 2.24) is 20.0 Å². The van der Waals surface area contributed by atoms with Gasteiger partial charge < -0.3 is 5.32 Å². The van der Waals surface area contributed by atoms with Crippen LogP contribution < -0.4 is 10.9 Å². The minimum absolute atomic E-state index is 0.0798. The van der Waals surface area contributed by atoms with E-state index in [1.807, 2.05) is 93.6 Å². The molecule has 5 rings (SSSR count). The van der Waals surface area contributed by atoms with Crippen LogP contribution in [-0.2, 0) is 17.8 Å². The van der Waals surface area contributed by atoms with E-state index in [2.05, 4.69) is 10.4 Å². The molecule has 4 aromatic rings. The molecule has 0 atom stereocenters. The van der Waals surface area contributed by atoms with Gasteiger partial charge in [0, 0.05) is 12.1 Å². The summed E-state index contributed by atoms with van der Waals surface area (Å²) in [6.07, 6.45) is 1.96. The van der Waals surface area contributed by atoms with Gasteiger partial charge in [-0.05, 0) is 55.2 Å². The summed E-state index contributed by atoms with van der Waals surface area (Å²) >= 11 is 0. The fourth-order valence-corrected chi connectivity index (χ4v) is 4.50. The number of nitrogens with one attached hydrogen (secondary N) is 2. The summed E-state index contributed by atoms with van der Waals surface area (Å²) in [5, 5.41) is 5.92. The molecule has 2 heterocycles. The van der Waals surface area contributed by atoms with E-state index in [-0.39, 0.29) is 17.8 Å². The number of H-pyrrole nitrogens is 1. The van der Waals surface area contributed by atoms with Gasteiger partial charge in [-0.1, -0.05) is 72.3 Å². The maximum Gasteiger partial charge on any atom is 0.329 e. The second-order valence-corrected chi connectivity index (χ2v) is 9.40. The molecule has 37 heavy (non-hydrogen) atoms. The standard InChI is InChI=1S/C30H28N4O3/c1-19-12-14-22(15-13-19)18-33-29(36)26(31-30(33)37)17-24-25(16-23-10-6-4-8-20(23)2)32-34(28(24)35)27-11-7-5-9-21(27)3/h4-15,17,32H,16,18H2,1-3H3,(H,31,37)/b26-17-. The van der Waals surface area contributed by atoms with Gasteiger partial charge in [-0.25, -0.2) is 9.48 Å². The molecule has 3 aromatic carbocycles. The molecular weight excluding hydrogens is 464 g/mol. The van der Waals surface area contributed by atoms with Crippen LogP contribution in [0.25, 0.3) is 11.8 Å². The first kappa shape index (κ1) is 24.1. The van der Waals surface area contributed by atoms with E-state index in [9.17, 15) is 14.4 Å². The Bertz CT molecular complexity index is 1590. The van der Waals surface area contributed by atoms with E-state index in [0.29, 0.717) is 17.7 Å². The summed E-state index contributed by atoms with van der Waals surface area (Å²) < 4.78 is 1.50. The number of benzene rings is 3. The third-order valence-electron chi connectivity index (χ3n) is 6.70. The zero-order chi connectivity index (χ0) is 26.1. The highest BCUT2D eigenvalue weighted by molar-refractivity contribution is 6.13. The van der Waals surface area contributed by atoms with Crippen LogP contribution in [0.3, 0.4) is 0 Å². The van der Waals surface area contributed by atoms with Gasteiger partial charge in [-0.2, -0.15) is 0 Å². The largest absolute Gasteiger partial charge is 0.329 e. The van der Waals surface area contributed by atoms with Gasteiger partial charge in [0.2, 0.25) is 0 Å². The summed E-state index contributed by atoms with van der Waals surface area (Å²) in [4.78, 5) is 40.7. The Morgan fingerprint density at radius 2 is 1.49 bits per heavy atom. The van der Waals surface area contributed by atoms with E-state index >= 15 is 0 Å². The number of urea groups is 1. The molecule has 0 unspecified atom stereocenters. The third kappa shape index (κ3) is 4.76. The molecule has 0 spiro atoms. The van der Waals surface area contributed by atoms with Crippen molar-refractivity contribution in [3.8, 4) is 5.69 Å². The van der Waals surface area contributed by atoms with Crippen LogP contribution in [0.2, 0.25) is 0 Å². The van der Waals surface area contributed by atoms with Crippen molar-refractivity contribution in [2.24, 2.45) is 0 Å². The normalized spacial score (nSPS) is 14.5. The molecule has 2 N–H and O–H groups in total. The van der Waals surface area contributed by atoms with Gasteiger partial charge in [-0.3, -0.25) is 19.6 Å². The molecule has 0 bridgehead atoms. The van der Waals surface area contributed by atoms with Crippen LogP contribution in [0.15, 0.2) is 83.3 Å². The Kier molecular flexibility index (Phi) is 6.36. The topological polar surface area (TPSA) is 87.2 Å². The van der Waals surface area contributed by atoms with Crippen LogP contribution >= 0.6 is 0 Å². The fraction of sp³-hybridized carbons (Fsp3) is 0.167. The molecule has 0 saturated carbocycles. The zero-order valence-electron chi connectivity index (χ0n) is 21.0. The predicted octanol–water partition coefficient (Wildman–Crippen LogP) is 4.77. The second kappa shape index (κ2) is 9.78. The Morgan fingerprint density at radius 1 is 0.811 bits per heavy atom. The molecule has 7 nitrogen and oxygen atoms in total. The quantitative estimate of drug-likeness (QED) is 0.300. The average Bonchev–Trinajstić information content (AvgIpc) is 3.32. The van der Waals surface area contributed by atoms with E-state index in [1.54, 1.807) is 0 Å². The number of rotatable bonds is 6. The Hall–Kier alpha value is -4.65. The van der Waals surface area contributed by atoms with Crippen LogP contribution in [0, 0.1) is 20.8 Å². The summed E-state index contributed by atoms with van der Waals surface area (Å²) in [5.74, 6) is -0.463. The Labute approximate surface area is 215 Å². The maximum absolute atomic E-state index is 13.6. The SMILES string of the molecule is Cc1ccc(CN2C(=O)N/C(=C\c3c(Cc4ccccc4C)[nH]n(-c4ccccc4C)c3=O)C2=O)cc1. The highest BCUT2D eigenvalue weighted by Gasteiger charge is 2.34. The Balaban J connectivity index is 1.55. The van der Waals surface area contributed by atoms with Crippen LogP contribution in [0.1, 0.15) is 39.1 Å². The maximum atomic E-state index is 13.6.